The molecule has 1 atom stereocenters. The average molecular weight is 502 g/mol. The molecule has 1 aromatic heterocycles. The molecule has 1 aliphatic carbocycles. The molecule has 37 heavy (non-hydrogen) atoms. The molecule has 0 spiro atoms. The third-order valence-electron chi connectivity index (χ3n) is 7.33. The highest BCUT2D eigenvalue weighted by atomic mass is 16.5. The van der Waals surface area contributed by atoms with Gasteiger partial charge in [-0.25, -0.2) is 4.98 Å². The van der Waals surface area contributed by atoms with Gasteiger partial charge in [0.1, 0.15) is 39.8 Å². The number of rotatable bonds is 5. The molecular formula is C28H27N3O6. The summed E-state index contributed by atoms with van der Waals surface area (Å²) in [6.07, 6.45) is 1.21. The van der Waals surface area contributed by atoms with Crippen molar-refractivity contribution in [2.24, 2.45) is 0 Å². The standard InChI is InChI=1S/C28H27N3O6/c1-13-24(34)22(15(3)32)26-23(25(13)35)28(5)20(37-26)12-19(33)21(27(28)36)14(2)29-10-11-31-16(4)30-17-8-6-7-9-18(17)31/h6-9,12,29,34-35H,10-11H2,1-5H3/t28-/m0/s1. The van der Waals surface area contributed by atoms with E-state index < -0.39 is 28.5 Å². The summed E-state index contributed by atoms with van der Waals surface area (Å²) in [5.74, 6) is -1.58. The van der Waals surface area contributed by atoms with Crippen LogP contribution in [-0.2, 0) is 21.5 Å². The van der Waals surface area contributed by atoms with Gasteiger partial charge in [0.05, 0.1) is 22.2 Å². The van der Waals surface area contributed by atoms with Gasteiger partial charge in [-0.3, -0.25) is 14.4 Å². The van der Waals surface area contributed by atoms with Crippen molar-refractivity contribution in [1.82, 2.24) is 14.9 Å². The Balaban J connectivity index is 1.51. The number of imidazole rings is 1. The van der Waals surface area contributed by atoms with Crippen molar-refractivity contribution in [3.63, 3.8) is 0 Å². The molecule has 1 aliphatic heterocycles. The van der Waals surface area contributed by atoms with Crippen LogP contribution in [0.3, 0.4) is 0 Å². The van der Waals surface area contributed by atoms with Crippen molar-refractivity contribution >= 4 is 28.4 Å². The number of nitrogens with one attached hydrogen (secondary N) is 1. The zero-order valence-corrected chi connectivity index (χ0v) is 21.2. The van der Waals surface area contributed by atoms with Crippen LogP contribution in [0.4, 0.5) is 0 Å². The van der Waals surface area contributed by atoms with Gasteiger partial charge in [-0.15, -0.1) is 0 Å². The van der Waals surface area contributed by atoms with Crippen LogP contribution in [0.15, 0.2) is 47.4 Å². The first-order valence-corrected chi connectivity index (χ1v) is 11.9. The van der Waals surface area contributed by atoms with Crippen LogP contribution in [0.5, 0.6) is 17.2 Å². The van der Waals surface area contributed by atoms with Crippen LogP contribution >= 0.6 is 0 Å². The number of aromatic nitrogens is 2. The Kier molecular flexibility index (Phi) is 5.47. The molecule has 5 rings (SSSR count). The van der Waals surface area contributed by atoms with E-state index in [4.69, 9.17) is 4.74 Å². The lowest BCUT2D eigenvalue weighted by atomic mass is 9.70. The zero-order chi connectivity index (χ0) is 26.8. The van der Waals surface area contributed by atoms with E-state index in [0.717, 1.165) is 16.9 Å². The number of carbonyl (C=O) groups excluding carboxylic acids is 3. The minimum atomic E-state index is -1.54. The highest BCUT2D eigenvalue weighted by Gasteiger charge is 2.56. The van der Waals surface area contributed by atoms with Crippen LogP contribution in [-0.4, -0.2) is 43.7 Å². The number of para-hydroxylation sites is 2. The molecule has 0 radical (unpaired) electrons. The Morgan fingerprint density at radius 1 is 1.14 bits per heavy atom. The lowest BCUT2D eigenvalue weighted by Gasteiger charge is -2.29. The maximum atomic E-state index is 13.9. The minimum Gasteiger partial charge on any atom is -0.507 e. The fourth-order valence-corrected chi connectivity index (χ4v) is 5.28. The van der Waals surface area contributed by atoms with Crippen molar-refractivity contribution in [3.05, 3.63) is 69.9 Å². The molecule has 9 heteroatoms. The van der Waals surface area contributed by atoms with Gasteiger partial charge in [-0.2, -0.15) is 0 Å². The maximum absolute atomic E-state index is 13.9. The van der Waals surface area contributed by atoms with Gasteiger partial charge in [-0.05, 0) is 46.8 Å². The second-order valence-corrected chi connectivity index (χ2v) is 9.61. The van der Waals surface area contributed by atoms with E-state index >= 15 is 0 Å². The monoisotopic (exact) mass is 501 g/mol. The molecule has 2 aliphatic rings. The number of aryl methyl sites for hydroxylation is 1. The predicted octanol–water partition coefficient (Wildman–Crippen LogP) is 3.52. The summed E-state index contributed by atoms with van der Waals surface area (Å²) < 4.78 is 7.86. The van der Waals surface area contributed by atoms with Crippen molar-refractivity contribution in [2.75, 3.05) is 6.54 Å². The maximum Gasteiger partial charge on any atom is 0.194 e. The molecule has 0 saturated carbocycles. The molecule has 0 amide bonds. The Hall–Kier alpha value is -4.40. The minimum absolute atomic E-state index is 0.0114. The Bertz CT molecular complexity index is 1610. The second-order valence-electron chi connectivity index (χ2n) is 9.61. The third-order valence-corrected chi connectivity index (χ3v) is 7.33. The molecule has 2 heterocycles. The van der Waals surface area contributed by atoms with Crippen LogP contribution in [0.2, 0.25) is 0 Å². The first-order chi connectivity index (χ1) is 17.5. The van der Waals surface area contributed by atoms with E-state index in [1.54, 1.807) is 13.8 Å². The van der Waals surface area contributed by atoms with Crippen molar-refractivity contribution < 1.29 is 29.3 Å². The fraction of sp³-hybridized carbons (Fsp3) is 0.286. The Labute approximate surface area is 213 Å². The number of Topliss-reactive ketones (excluding diaryl/α,β-unsaturated/α-hetero) is 2. The topological polar surface area (TPSA) is 131 Å². The predicted molar refractivity (Wildman–Crippen MR) is 136 cm³/mol. The van der Waals surface area contributed by atoms with Gasteiger partial charge >= 0.3 is 0 Å². The van der Waals surface area contributed by atoms with Crippen molar-refractivity contribution in [1.29, 1.82) is 0 Å². The Morgan fingerprint density at radius 2 is 1.84 bits per heavy atom. The zero-order valence-electron chi connectivity index (χ0n) is 21.2. The second kappa shape index (κ2) is 8.33. The fourth-order valence-electron chi connectivity index (χ4n) is 5.28. The number of aromatic hydroxyl groups is 2. The highest BCUT2D eigenvalue weighted by Crippen LogP contribution is 2.57. The summed E-state index contributed by atoms with van der Waals surface area (Å²) in [5.41, 5.74) is 0.686. The lowest BCUT2D eigenvalue weighted by Crippen LogP contribution is -2.41. The van der Waals surface area contributed by atoms with Crippen LogP contribution in [0, 0.1) is 13.8 Å². The number of nitrogens with zero attached hydrogens (tertiary/aromatic N) is 2. The quantitative estimate of drug-likeness (QED) is 0.275. The number of fused-ring (bicyclic) bond motifs is 4. The van der Waals surface area contributed by atoms with Gasteiger partial charge in [0.15, 0.2) is 17.3 Å². The molecular weight excluding hydrogens is 474 g/mol. The highest BCUT2D eigenvalue weighted by molar-refractivity contribution is 6.31. The number of carbonyl (C=O) groups is 3. The summed E-state index contributed by atoms with van der Waals surface area (Å²) in [6.45, 7) is 8.83. The van der Waals surface area contributed by atoms with Crippen LogP contribution in [0.25, 0.3) is 11.0 Å². The normalized spacial score (nSPS) is 19.9. The van der Waals surface area contributed by atoms with Gasteiger partial charge in [-0.1, -0.05) is 12.1 Å². The number of hydrogen-bond acceptors (Lipinski definition) is 8. The number of allylic oxidation sites excluding steroid dienone is 4. The Morgan fingerprint density at radius 3 is 2.54 bits per heavy atom. The number of ketones is 3. The molecule has 9 nitrogen and oxygen atoms in total. The SMILES string of the molecule is CC(=O)c1c(O)c(C)c(O)c2c1OC1=CC(=O)C(=C(C)NCCn3c(C)nc4ccccc43)C(=O)[C@@]12C. The first-order valence-electron chi connectivity index (χ1n) is 11.9. The van der Waals surface area contributed by atoms with E-state index in [0.29, 0.717) is 18.8 Å². The average Bonchev–Trinajstić information content (AvgIpc) is 3.31. The summed E-state index contributed by atoms with van der Waals surface area (Å²) in [4.78, 5) is 43.8. The van der Waals surface area contributed by atoms with Crippen LogP contribution < -0.4 is 10.1 Å². The lowest BCUT2D eigenvalue weighted by molar-refractivity contribution is -0.123. The number of hydrogen-bond donors (Lipinski definition) is 3. The molecule has 3 N–H and O–H groups in total. The van der Waals surface area contributed by atoms with E-state index in [2.05, 4.69) is 14.9 Å². The van der Waals surface area contributed by atoms with Crippen molar-refractivity contribution in [2.45, 2.75) is 46.6 Å². The number of phenolic OH excluding ortho intramolecular Hbond substituents is 2. The van der Waals surface area contributed by atoms with Crippen molar-refractivity contribution in [3.8, 4) is 17.2 Å². The van der Waals surface area contributed by atoms with E-state index in [1.165, 1.54) is 19.9 Å². The third kappa shape index (κ3) is 3.37. The summed E-state index contributed by atoms with van der Waals surface area (Å²) in [5, 5.41) is 24.6. The molecule has 0 fully saturated rings. The van der Waals surface area contributed by atoms with Gasteiger partial charge in [0, 0.05) is 30.4 Å². The first kappa shape index (κ1) is 24.3. The molecule has 2 aromatic carbocycles. The smallest absolute Gasteiger partial charge is 0.194 e. The molecule has 0 bridgehead atoms. The largest absolute Gasteiger partial charge is 0.507 e. The summed E-state index contributed by atoms with van der Waals surface area (Å²) in [6, 6.07) is 7.81. The van der Waals surface area contributed by atoms with Gasteiger partial charge in [0.2, 0.25) is 0 Å². The van der Waals surface area contributed by atoms with E-state index in [1.807, 2.05) is 31.2 Å². The number of benzene rings is 2. The van der Waals surface area contributed by atoms with Gasteiger partial charge in [0.25, 0.3) is 0 Å². The van der Waals surface area contributed by atoms with Gasteiger partial charge < -0.3 is 24.8 Å². The molecule has 190 valence electrons. The number of phenols is 2. The summed E-state index contributed by atoms with van der Waals surface area (Å²) in [7, 11) is 0. The van der Waals surface area contributed by atoms with E-state index in [-0.39, 0.29) is 39.5 Å². The molecule has 0 saturated heterocycles. The summed E-state index contributed by atoms with van der Waals surface area (Å²) >= 11 is 0. The molecule has 3 aromatic rings. The number of ether oxygens (including phenoxy) is 1. The van der Waals surface area contributed by atoms with Crippen LogP contribution in [0.1, 0.15) is 48.1 Å². The molecule has 0 unspecified atom stereocenters. The van der Waals surface area contributed by atoms with E-state index in [9.17, 15) is 24.6 Å².